The Morgan fingerprint density at radius 2 is 2.09 bits per heavy atom. The van der Waals surface area contributed by atoms with Crippen LogP contribution in [0, 0.1) is 0 Å². The molecule has 0 fully saturated rings. The van der Waals surface area contributed by atoms with Crippen LogP contribution in [0.25, 0.3) is 16.6 Å². The van der Waals surface area contributed by atoms with Gasteiger partial charge in [-0.1, -0.05) is 6.07 Å². The Morgan fingerprint density at radius 1 is 1.29 bits per heavy atom. The fraction of sp³-hybridized carbons (Fsp3) is 0.304. The van der Waals surface area contributed by atoms with Crippen LogP contribution in [0.3, 0.4) is 0 Å². The number of carbonyl (C=O) groups excluding carboxylic acids is 1. The second-order valence-electron chi connectivity index (χ2n) is 8.25. The lowest BCUT2D eigenvalue weighted by Crippen LogP contribution is -2.37. The van der Waals surface area contributed by atoms with Crippen LogP contribution in [0.4, 0.5) is 19.0 Å². The molecule has 1 aliphatic heterocycles. The van der Waals surface area contributed by atoms with Crippen molar-refractivity contribution in [2.24, 2.45) is 0 Å². The van der Waals surface area contributed by atoms with Crippen LogP contribution in [-0.2, 0) is 28.9 Å². The molecule has 0 unspecified atom stereocenters. The molecule has 1 atom stereocenters. The van der Waals surface area contributed by atoms with Gasteiger partial charge in [0.1, 0.15) is 17.0 Å². The molecule has 0 saturated carbocycles. The van der Waals surface area contributed by atoms with Crippen molar-refractivity contribution in [1.29, 1.82) is 0 Å². The first-order valence-corrected chi connectivity index (χ1v) is 10.6. The number of nitrogens with zero attached hydrogens (tertiary/aromatic N) is 5. The van der Waals surface area contributed by atoms with E-state index in [0.717, 1.165) is 6.07 Å². The third-order valence-corrected chi connectivity index (χ3v) is 6.09. The lowest BCUT2D eigenvalue weighted by molar-refractivity contribution is -0.141. The van der Waals surface area contributed by atoms with E-state index in [2.05, 4.69) is 15.0 Å². The van der Waals surface area contributed by atoms with Gasteiger partial charge in [0.15, 0.2) is 0 Å². The second kappa shape index (κ2) is 8.47. The van der Waals surface area contributed by atoms with Gasteiger partial charge in [-0.15, -0.1) is 0 Å². The Balaban J connectivity index is 1.57. The molecular weight excluding hydrogens is 465 g/mol. The van der Waals surface area contributed by atoms with Crippen LogP contribution in [0.15, 0.2) is 36.8 Å². The molecule has 1 aliphatic rings. The monoisotopic (exact) mass is 486 g/mol. The van der Waals surface area contributed by atoms with Gasteiger partial charge < -0.3 is 20.1 Å². The lowest BCUT2D eigenvalue weighted by Gasteiger charge is -2.33. The van der Waals surface area contributed by atoms with Gasteiger partial charge in [0, 0.05) is 25.3 Å². The van der Waals surface area contributed by atoms with Crippen LogP contribution < -0.4 is 5.73 Å². The molecule has 0 aliphatic carbocycles. The highest BCUT2D eigenvalue weighted by Gasteiger charge is 2.36. The summed E-state index contributed by atoms with van der Waals surface area (Å²) in [6.45, 7) is 0.205. The highest BCUT2D eigenvalue weighted by molar-refractivity contribution is 6.00. The summed E-state index contributed by atoms with van der Waals surface area (Å²) >= 11 is 0. The van der Waals surface area contributed by atoms with Crippen LogP contribution in [0.5, 0.6) is 0 Å². The average Bonchev–Trinajstić information content (AvgIpc) is 3.33. The van der Waals surface area contributed by atoms with Crippen molar-refractivity contribution in [3.05, 3.63) is 64.9 Å². The first-order valence-electron chi connectivity index (χ1n) is 10.6. The van der Waals surface area contributed by atoms with Crippen molar-refractivity contribution in [2.45, 2.75) is 25.4 Å². The van der Waals surface area contributed by atoms with Crippen LogP contribution >= 0.6 is 0 Å². The third-order valence-electron chi connectivity index (χ3n) is 6.09. The Morgan fingerprint density at radius 3 is 2.83 bits per heavy atom. The maximum absolute atomic E-state index is 13.7. The van der Waals surface area contributed by atoms with Gasteiger partial charge in [0.25, 0.3) is 5.91 Å². The quantitative estimate of drug-likeness (QED) is 0.471. The molecule has 12 heteroatoms. The van der Waals surface area contributed by atoms with E-state index in [4.69, 9.17) is 15.2 Å². The van der Waals surface area contributed by atoms with Gasteiger partial charge in [-0.3, -0.25) is 9.20 Å². The van der Waals surface area contributed by atoms with E-state index in [9.17, 15) is 18.0 Å². The van der Waals surface area contributed by atoms with E-state index in [1.54, 1.807) is 36.1 Å². The molecule has 3 aromatic heterocycles. The highest BCUT2D eigenvalue weighted by Crippen LogP contribution is 2.34. The molecule has 0 saturated heterocycles. The summed E-state index contributed by atoms with van der Waals surface area (Å²) in [5.74, 6) is -0.0540. The summed E-state index contributed by atoms with van der Waals surface area (Å²) in [5, 5.41) is 0. The number of methoxy groups -OCH3 is 1. The number of alkyl halides is 3. The lowest BCUT2D eigenvalue weighted by atomic mass is 9.99. The van der Waals surface area contributed by atoms with Crippen molar-refractivity contribution in [3.8, 4) is 0 Å². The molecule has 4 heterocycles. The van der Waals surface area contributed by atoms with E-state index < -0.39 is 17.9 Å². The number of fused-ring (bicyclic) bond motifs is 4. The van der Waals surface area contributed by atoms with E-state index in [0.29, 0.717) is 39.1 Å². The van der Waals surface area contributed by atoms with Crippen molar-refractivity contribution < 1.29 is 27.4 Å². The first-order chi connectivity index (χ1) is 16.7. The van der Waals surface area contributed by atoms with E-state index in [-0.39, 0.29) is 31.4 Å². The standard InChI is InChI=1S/C23H21F3N6O3/c1-31(19-10-35-9-16-13(19)3-4-20(29-16)23(24,25)26)22(33)14-6-17-15(5-12(14)8-34-2)30-21(27)18-7-28-11-32(17)18/h3-7,11,19H,8-10H2,1-2H3,(H2,27,30)/t19-/m0/s1. The normalized spacial score (nSPS) is 16.0. The zero-order valence-corrected chi connectivity index (χ0v) is 18.8. The zero-order chi connectivity index (χ0) is 24.9. The third kappa shape index (κ3) is 3.94. The summed E-state index contributed by atoms with van der Waals surface area (Å²) in [5.41, 5.74) is 8.46. The number of halogens is 3. The number of rotatable bonds is 4. The topological polar surface area (TPSA) is 108 Å². The molecule has 182 valence electrons. The first kappa shape index (κ1) is 23.0. The smallest absolute Gasteiger partial charge is 0.382 e. The molecule has 0 spiro atoms. The molecular formula is C23H21F3N6O3. The largest absolute Gasteiger partial charge is 0.433 e. The number of nitrogens with two attached hydrogens (primary N) is 1. The summed E-state index contributed by atoms with van der Waals surface area (Å²) in [7, 11) is 3.09. The van der Waals surface area contributed by atoms with Crippen molar-refractivity contribution in [1.82, 2.24) is 24.3 Å². The number of pyridine rings is 1. The summed E-state index contributed by atoms with van der Waals surface area (Å²) in [6.07, 6.45) is -1.41. The van der Waals surface area contributed by atoms with Gasteiger partial charge in [-0.25, -0.2) is 15.0 Å². The number of benzene rings is 1. The summed E-state index contributed by atoms with van der Waals surface area (Å²) in [6, 6.07) is 5.09. The van der Waals surface area contributed by atoms with Gasteiger partial charge in [0.05, 0.1) is 55.1 Å². The van der Waals surface area contributed by atoms with Gasteiger partial charge in [-0.05, 0) is 23.8 Å². The zero-order valence-electron chi connectivity index (χ0n) is 18.8. The van der Waals surface area contributed by atoms with E-state index in [1.807, 2.05) is 0 Å². The second-order valence-corrected chi connectivity index (χ2v) is 8.25. The molecule has 2 N–H and O–H groups in total. The minimum absolute atomic E-state index is 0.0611. The minimum Gasteiger partial charge on any atom is -0.382 e. The van der Waals surface area contributed by atoms with Gasteiger partial charge in [0.2, 0.25) is 0 Å². The average molecular weight is 486 g/mol. The number of likely N-dealkylation sites (N-methyl/N-ethyl adjacent to an activating group) is 1. The fourth-order valence-electron chi connectivity index (χ4n) is 4.34. The van der Waals surface area contributed by atoms with Crippen molar-refractivity contribution in [2.75, 3.05) is 26.5 Å². The van der Waals surface area contributed by atoms with Crippen molar-refractivity contribution >= 4 is 28.3 Å². The molecule has 4 aromatic rings. The molecule has 9 nitrogen and oxygen atoms in total. The molecule has 1 amide bonds. The Bertz CT molecular complexity index is 1450. The number of anilines is 1. The number of nitrogen functional groups attached to an aromatic ring is 1. The van der Waals surface area contributed by atoms with Gasteiger partial charge >= 0.3 is 6.18 Å². The maximum Gasteiger partial charge on any atom is 0.433 e. The number of amides is 1. The number of hydrogen-bond acceptors (Lipinski definition) is 7. The minimum atomic E-state index is -4.57. The highest BCUT2D eigenvalue weighted by atomic mass is 19.4. The van der Waals surface area contributed by atoms with Crippen LogP contribution in [0.1, 0.15) is 38.9 Å². The number of imidazole rings is 1. The predicted molar refractivity (Wildman–Crippen MR) is 119 cm³/mol. The fourth-order valence-corrected chi connectivity index (χ4v) is 4.34. The van der Waals surface area contributed by atoms with E-state index in [1.165, 1.54) is 18.1 Å². The van der Waals surface area contributed by atoms with Crippen molar-refractivity contribution in [3.63, 3.8) is 0 Å². The molecule has 35 heavy (non-hydrogen) atoms. The number of carbonyl (C=O) groups is 1. The molecule has 5 rings (SSSR count). The summed E-state index contributed by atoms with van der Waals surface area (Å²) < 4.78 is 51.9. The van der Waals surface area contributed by atoms with E-state index >= 15 is 0 Å². The Hall–Kier alpha value is -3.77. The molecule has 1 aromatic carbocycles. The number of aromatic nitrogens is 4. The SMILES string of the molecule is COCc1cc2nc(N)c3cncn3c2cc1C(=O)N(C)[C@H]1COCc2nc(C(F)(F)F)ccc21. The molecule has 0 radical (unpaired) electrons. The molecule has 0 bridgehead atoms. The van der Waals surface area contributed by atoms with Crippen LogP contribution in [-0.4, -0.2) is 50.9 Å². The van der Waals surface area contributed by atoms with Gasteiger partial charge in [-0.2, -0.15) is 13.2 Å². The Labute approximate surface area is 197 Å². The number of hydrogen-bond donors (Lipinski definition) is 1. The number of ether oxygens (including phenoxy) is 2. The predicted octanol–water partition coefficient (Wildman–Crippen LogP) is 3.37. The van der Waals surface area contributed by atoms with Crippen LogP contribution in [0.2, 0.25) is 0 Å². The maximum atomic E-state index is 13.7. The Kier molecular flexibility index (Phi) is 5.56. The summed E-state index contributed by atoms with van der Waals surface area (Å²) in [4.78, 5) is 27.4.